The average molecular weight is 334 g/mol. The van der Waals surface area contributed by atoms with E-state index in [9.17, 15) is 0 Å². The SMILES string of the molecule is C=C(/C=C\C(=C)C(C)/C(=C\C)c1ccsc1)NCC(C)C.CO. The molecule has 0 saturated heterocycles. The number of aliphatic hydroxyl groups is 1. The van der Waals surface area contributed by atoms with Crippen LogP contribution in [0.5, 0.6) is 0 Å². The van der Waals surface area contributed by atoms with Crippen LogP contribution >= 0.6 is 11.3 Å². The van der Waals surface area contributed by atoms with E-state index in [0.717, 1.165) is 24.9 Å². The topological polar surface area (TPSA) is 32.3 Å². The first-order chi connectivity index (χ1) is 11.0. The third-order valence-corrected chi connectivity index (χ3v) is 4.11. The van der Waals surface area contributed by atoms with Gasteiger partial charge in [-0.1, -0.05) is 46.1 Å². The predicted molar refractivity (Wildman–Crippen MR) is 106 cm³/mol. The van der Waals surface area contributed by atoms with Gasteiger partial charge in [0.15, 0.2) is 0 Å². The molecule has 0 aromatic carbocycles. The van der Waals surface area contributed by atoms with Crippen molar-refractivity contribution in [3.63, 3.8) is 0 Å². The molecule has 0 radical (unpaired) electrons. The van der Waals surface area contributed by atoms with Crippen LogP contribution in [0.15, 0.2) is 59.5 Å². The predicted octanol–water partition coefficient (Wildman–Crippen LogP) is 5.27. The van der Waals surface area contributed by atoms with Gasteiger partial charge in [-0.25, -0.2) is 0 Å². The Morgan fingerprint density at radius 3 is 2.39 bits per heavy atom. The summed E-state index contributed by atoms with van der Waals surface area (Å²) in [6, 6.07) is 2.16. The third kappa shape index (κ3) is 8.00. The van der Waals surface area contributed by atoms with E-state index in [1.54, 1.807) is 11.3 Å². The van der Waals surface area contributed by atoms with Gasteiger partial charge in [0.05, 0.1) is 0 Å². The lowest BCUT2D eigenvalue weighted by Crippen LogP contribution is -2.17. The summed E-state index contributed by atoms with van der Waals surface area (Å²) in [5.41, 5.74) is 4.66. The monoisotopic (exact) mass is 333 g/mol. The minimum atomic E-state index is 0.304. The normalized spacial score (nSPS) is 12.7. The number of aliphatic hydroxyl groups excluding tert-OH is 1. The van der Waals surface area contributed by atoms with Gasteiger partial charge in [-0.3, -0.25) is 0 Å². The van der Waals surface area contributed by atoms with Crippen LogP contribution in [0.2, 0.25) is 0 Å². The summed E-state index contributed by atoms with van der Waals surface area (Å²) in [6.45, 7) is 17.8. The summed E-state index contributed by atoms with van der Waals surface area (Å²) in [7, 11) is 1.00. The van der Waals surface area contributed by atoms with Gasteiger partial charge in [0, 0.05) is 25.3 Å². The molecule has 0 aliphatic heterocycles. The molecule has 0 spiro atoms. The second kappa shape index (κ2) is 11.9. The van der Waals surface area contributed by atoms with E-state index >= 15 is 0 Å². The van der Waals surface area contributed by atoms with Gasteiger partial charge in [-0.15, -0.1) is 0 Å². The number of nitrogens with one attached hydrogen (secondary N) is 1. The van der Waals surface area contributed by atoms with E-state index in [1.807, 2.05) is 6.08 Å². The van der Waals surface area contributed by atoms with Crippen LogP contribution < -0.4 is 5.32 Å². The molecule has 1 aromatic heterocycles. The highest BCUT2D eigenvalue weighted by Gasteiger charge is 2.12. The third-order valence-electron chi connectivity index (χ3n) is 3.42. The summed E-state index contributed by atoms with van der Waals surface area (Å²) < 4.78 is 0. The Balaban J connectivity index is 0.00000232. The van der Waals surface area contributed by atoms with Gasteiger partial charge in [0.2, 0.25) is 0 Å². The Hall–Kier alpha value is -1.58. The Kier molecular flexibility index (Phi) is 11.1. The summed E-state index contributed by atoms with van der Waals surface area (Å²) >= 11 is 1.73. The van der Waals surface area contributed by atoms with Gasteiger partial charge in [-0.2, -0.15) is 11.3 Å². The fourth-order valence-electron chi connectivity index (χ4n) is 2.04. The summed E-state index contributed by atoms with van der Waals surface area (Å²) in [4.78, 5) is 0. The van der Waals surface area contributed by atoms with E-state index in [1.165, 1.54) is 11.1 Å². The van der Waals surface area contributed by atoms with Gasteiger partial charge in [-0.05, 0) is 52.5 Å². The van der Waals surface area contributed by atoms with Gasteiger partial charge < -0.3 is 10.4 Å². The average Bonchev–Trinajstić information content (AvgIpc) is 3.07. The van der Waals surface area contributed by atoms with E-state index < -0.39 is 0 Å². The molecule has 0 saturated carbocycles. The number of rotatable bonds is 8. The Bertz CT molecular complexity index is 524. The van der Waals surface area contributed by atoms with Crippen LogP contribution in [0.1, 0.15) is 33.3 Å². The first-order valence-corrected chi connectivity index (χ1v) is 8.83. The molecule has 0 fully saturated rings. The van der Waals surface area contributed by atoms with Gasteiger partial charge in [0.25, 0.3) is 0 Å². The molecule has 1 heterocycles. The van der Waals surface area contributed by atoms with Gasteiger partial charge in [0.1, 0.15) is 0 Å². The number of thiophene rings is 1. The van der Waals surface area contributed by atoms with Crippen LogP contribution in [0.3, 0.4) is 0 Å². The molecule has 2 nitrogen and oxygen atoms in total. The highest BCUT2D eigenvalue weighted by molar-refractivity contribution is 7.08. The zero-order chi connectivity index (χ0) is 17.8. The fourth-order valence-corrected chi connectivity index (χ4v) is 2.71. The minimum Gasteiger partial charge on any atom is -0.400 e. The lowest BCUT2D eigenvalue weighted by atomic mass is 9.89. The first kappa shape index (κ1) is 21.4. The van der Waals surface area contributed by atoms with Crippen LogP contribution in [0, 0.1) is 11.8 Å². The Labute approximate surface area is 146 Å². The van der Waals surface area contributed by atoms with Crippen LogP contribution in [0.4, 0.5) is 0 Å². The Morgan fingerprint density at radius 2 is 1.91 bits per heavy atom. The summed E-state index contributed by atoms with van der Waals surface area (Å²) in [5, 5.41) is 14.6. The lowest BCUT2D eigenvalue weighted by molar-refractivity contribution is 0.399. The molecule has 0 aliphatic carbocycles. The zero-order valence-corrected chi connectivity index (χ0v) is 15.9. The van der Waals surface area contributed by atoms with Crippen molar-refractivity contribution in [1.82, 2.24) is 5.32 Å². The fraction of sp³-hybridized carbons (Fsp3) is 0.400. The minimum absolute atomic E-state index is 0.304. The van der Waals surface area contributed by atoms with Crippen molar-refractivity contribution in [2.75, 3.05) is 13.7 Å². The molecule has 23 heavy (non-hydrogen) atoms. The standard InChI is InChI=1S/C19H27NS.CH4O/c1-7-19(18-10-11-21-13-18)17(6)15(4)8-9-16(5)20-12-14(2)3;1-2/h7-11,13-14,17,20H,4-5,12H2,1-3,6H3;2H,1H3/b9-8-,19-7+;. The molecule has 1 atom stereocenters. The van der Waals surface area contributed by atoms with Gasteiger partial charge >= 0.3 is 0 Å². The highest BCUT2D eigenvalue weighted by Crippen LogP contribution is 2.30. The quantitative estimate of drug-likeness (QED) is 0.635. The number of hydrogen-bond acceptors (Lipinski definition) is 3. The van der Waals surface area contributed by atoms with E-state index in [-0.39, 0.29) is 0 Å². The van der Waals surface area contributed by atoms with E-state index in [0.29, 0.717) is 11.8 Å². The van der Waals surface area contributed by atoms with Crippen molar-refractivity contribution in [1.29, 1.82) is 0 Å². The summed E-state index contributed by atoms with van der Waals surface area (Å²) in [6.07, 6.45) is 6.26. The molecule has 1 rings (SSSR count). The molecule has 0 amide bonds. The second-order valence-corrected chi connectivity index (χ2v) is 6.47. The molecular weight excluding hydrogens is 302 g/mol. The van der Waals surface area contributed by atoms with E-state index in [2.05, 4.69) is 75.1 Å². The number of allylic oxidation sites excluding steroid dienone is 5. The van der Waals surface area contributed by atoms with Crippen molar-refractivity contribution < 1.29 is 5.11 Å². The maximum atomic E-state index is 7.00. The first-order valence-electron chi connectivity index (χ1n) is 7.88. The molecule has 0 bridgehead atoms. The van der Waals surface area contributed by atoms with Crippen molar-refractivity contribution in [2.45, 2.75) is 27.7 Å². The molecule has 1 unspecified atom stereocenters. The molecule has 2 N–H and O–H groups in total. The van der Waals surface area contributed by atoms with Crippen molar-refractivity contribution in [3.05, 3.63) is 65.0 Å². The Morgan fingerprint density at radius 1 is 1.26 bits per heavy atom. The van der Waals surface area contributed by atoms with E-state index in [4.69, 9.17) is 5.11 Å². The molecule has 0 aliphatic rings. The number of hydrogen-bond donors (Lipinski definition) is 2. The van der Waals surface area contributed by atoms with Crippen molar-refractivity contribution in [3.8, 4) is 0 Å². The zero-order valence-electron chi connectivity index (χ0n) is 15.1. The lowest BCUT2D eigenvalue weighted by Gasteiger charge is -2.16. The van der Waals surface area contributed by atoms with Crippen molar-refractivity contribution >= 4 is 16.9 Å². The molecular formula is C20H31NOS. The molecule has 3 heteroatoms. The maximum absolute atomic E-state index is 7.00. The molecule has 128 valence electrons. The maximum Gasteiger partial charge on any atom is 0.0319 e. The smallest absolute Gasteiger partial charge is 0.0319 e. The largest absolute Gasteiger partial charge is 0.400 e. The van der Waals surface area contributed by atoms with Crippen LogP contribution in [-0.4, -0.2) is 18.8 Å². The second-order valence-electron chi connectivity index (χ2n) is 5.69. The van der Waals surface area contributed by atoms with Crippen molar-refractivity contribution in [2.24, 2.45) is 11.8 Å². The highest BCUT2D eigenvalue weighted by atomic mass is 32.1. The molecule has 1 aromatic rings. The van der Waals surface area contributed by atoms with Crippen LogP contribution in [0.25, 0.3) is 5.57 Å². The summed E-state index contributed by atoms with van der Waals surface area (Å²) in [5.74, 6) is 0.921. The van der Waals surface area contributed by atoms with Crippen LogP contribution in [-0.2, 0) is 0 Å².